The molecule has 1 heterocycles. The van der Waals surface area contributed by atoms with Crippen LogP contribution in [0.25, 0.3) is 0 Å². The Balaban J connectivity index is 2.05. The summed E-state index contributed by atoms with van der Waals surface area (Å²) in [6.45, 7) is 6.76. The van der Waals surface area contributed by atoms with Crippen LogP contribution in [-0.2, 0) is 13.2 Å². The van der Waals surface area contributed by atoms with Crippen molar-refractivity contribution in [3.63, 3.8) is 0 Å². The van der Waals surface area contributed by atoms with Crippen molar-refractivity contribution >= 4 is 0 Å². The van der Waals surface area contributed by atoms with Gasteiger partial charge in [0.2, 0.25) is 0 Å². The summed E-state index contributed by atoms with van der Waals surface area (Å²) in [6.07, 6.45) is 0. The van der Waals surface area contributed by atoms with Crippen LogP contribution in [0.5, 0.6) is 5.75 Å². The zero-order valence-electron chi connectivity index (χ0n) is 11.9. The second-order valence-corrected chi connectivity index (χ2v) is 5.01. The van der Waals surface area contributed by atoms with Crippen LogP contribution in [0.15, 0.2) is 28.8 Å². The van der Waals surface area contributed by atoms with E-state index in [1.165, 1.54) is 12.1 Å². The van der Waals surface area contributed by atoms with Crippen LogP contribution in [0, 0.1) is 12.7 Å². The van der Waals surface area contributed by atoms with Crippen LogP contribution in [-0.4, -0.2) is 11.2 Å². The van der Waals surface area contributed by atoms with Gasteiger partial charge in [0.1, 0.15) is 18.2 Å². The molecule has 5 heteroatoms. The van der Waals surface area contributed by atoms with Gasteiger partial charge in [-0.2, -0.15) is 0 Å². The number of benzene rings is 1. The van der Waals surface area contributed by atoms with Crippen molar-refractivity contribution < 1.29 is 13.7 Å². The van der Waals surface area contributed by atoms with Crippen molar-refractivity contribution in [3.05, 3.63) is 47.1 Å². The lowest BCUT2D eigenvalue weighted by Gasteiger charge is -2.13. The Morgan fingerprint density at radius 3 is 2.80 bits per heavy atom. The second kappa shape index (κ2) is 6.52. The van der Waals surface area contributed by atoms with E-state index < -0.39 is 0 Å². The van der Waals surface area contributed by atoms with Gasteiger partial charge in [0.05, 0.1) is 5.69 Å². The van der Waals surface area contributed by atoms with Crippen LogP contribution in [0.4, 0.5) is 4.39 Å². The first-order chi connectivity index (χ1) is 9.54. The first-order valence-electron chi connectivity index (χ1n) is 6.61. The zero-order valence-corrected chi connectivity index (χ0v) is 11.9. The second-order valence-electron chi connectivity index (χ2n) is 5.01. The molecule has 1 N–H and O–H groups in total. The number of ether oxygens (including phenoxy) is 1. The van der Waals surface area contributed by atoms with E-state index in [-0.39, 0.29) is 12.4 Å². The molecule has 0 unspecified atom stereocenters. The number of hydrogen-bond acceptors (Lipinski definition) is 4. The van der Waals surface area contributed by atoms with Crippen LogP contribution in [0.1, 0.15) is 30.9 Å². The third-order valence-electron chi connectivity index (χ3n) is 2.77. The maximum atomic E-state index is 13.3. The number of halogens is 1. The molecule has 0 amide bonds. The third-order valence-corrected chi connectivity index (χ3v) is 2.77. The van der Waals surface area contributed by atoms with Gasteiger partial charge in [-0.25, -0.2) is 4.39 Å². The summed E-state index contributed by atoms with van der Waals surface area (Å²) in [4.78, 5) is 0. The normalized spacial score (nSPS) is 11.1. The predicted molar refractivity (Wildman–Crippen MR) is 73.9 cm³/mol. The van der Waals surface area contributed by atoms with Gasteiger partial charge in [0.15, 0.2) is 5.76 Å². The van der Waals surface area contributed by atoms with Gasteiger partial charge in [-0.15, -0.1) is 0 Å². The summed E-state index contributed by atoms with van der Waals surface area (Å²) in [5, 5.41) is 7.05. The average Bonchev–Trinajstić information content (AvgIpc) is 2.81. The Kier molecular flexibility index (Phi) is 4.74. The summed E-state index contributed by atoms with van der Waals surface area (Å²) in [5.74, 6) is 1.02. The SMILES string of the molecule is Cc1cc(COc2ccc(F)cc2CNC(C)C)on1. The van der Waals surface area contributed by atoms with Gasteiger partial charge in [-0.3, -0.25) is 0 Å². The average molecular weight is 278 g/mol. The lowest BCUT2D eigenvalue weighted by molar-refractivity contribution is 0.246. The fourth-order valence-corrected chi connectivity index (χ4v) is 1.77. The van der Waals surface area contributed by atoms with Crippen LogP contribution >= 0.6 is 0 Å². The monoisotopic (exact) mass is 278 g/mol. The lowest BCUT2D eigenvalue weighted by atomic mass is 10.2. The van der Waals surface area contributed by atoms with Crippen LogP contribution in [0.2, 0.25) is 0 Å². The summed E-state index contributed by atoms with van der Waals surface area (Å²) >= 11 is 0. The zero-order chi connectivity index (χ0) is 14.5. The van der Waals surface area contributed by atoms with Gasteiger partial charge in [-0.1, -0.05) is 19.0 Å². The van der Waals surface area contributed by atoms with Crippen molar-refractivity contribution in [2.45, 2.75) is 40.0 Å². The van der Waals surface area contributed by atoms with E-state index in [0.29, 0.717) is 24.1 Å². The highest BCUT2D eigenvalue weighted by Gasteiger charge is 2.08. The molecule has 1 aromatic carbocycles. The van der Waals surface area contributed by atoms with E-state index in [4.69, 9.17) is 9.26 Å². The predicted octanol–water partition coefficient (Wildman–Crippen LogP) is 3.20. The van der Waals surface area contributed by atoms with Gasteiger partial charge in [0.25, 0.3) is 0 Å². The van der Waals surface area contributed by atoms with E-state index in [0.717, 1.165) is 11.3 Å². The van der Waals surface area contributed by atoms with E-state index in [2.05, 4.69) is 10.5 Å². The molecule has 108 valence electrons. The molecule has 0 radical (unpaired) electrons. The molecule has 0 saturated carbocycles. The third kappa shape index (κ3) is 4.06. The Morgan fingerprint density at radius 1 is 1.35 bits per heavy atom. The topological polar surface area (TPSA) is 47.3 Å². The largest absolute Gasteiger partial charge is 0.485 e. The standard InChI is InChI=1S/C15H19FN2O2/c1-10(2)17-8-12-7-13(16)4-5-15(12)19-9-14-6-11(3)18-20-14/h4-7,10,17H,8-9H2,1-3H3. The summed E-state index contributed by atoms with van der Waals surface area (Å²) in [7, 11) is 0. The van der Waals surface area contributed by atoms with Gasteiger partial charge < -0.3 is 14.6 Å². The van der Waals surface area contributed by atoms with Gasteiger partial charge in [0, 0.05) is 24.2 Å². The van der Waals surface area contributed by atoms with Crippen molar-refractivity contribution in [2.24, 2.45) is 0 Å². The molecule has 2 rings (SSSR count). The summed E-state index contributed by atoms with van der Waals surface area (Å²) in [6, 6.07) is 6.64. The first kappa shape index (κ1) is 14.5. The number of nitrogens with zero attached hydrogens (tertiary/aromatic N) is 1. The highest BCUT2D eigenvalue weighted by Crippen LogP contribution is 2.21. The van der Waals surface area contributed by atoms with E-state index in [1.54, 1.807) is 6.07 Å². The van der Waals surface area contributed by atoms with Crippen LogP contribution in [0.3, 0.4) is 0 Å². The molecule has 0 spiro atoms. The number of aromatic nitrogens is 1. The molecule has 0 aliphatic carbocycles. The quantitative estimate of drug-likeness (QED) is 0.881. The number of rotatable bonds is 6. The van der Waals surface area contributed by atoms with E-state index in [9.17, 15) is 4.39 Å². The molecular weight excluding hydrogens is 259 g/mol. The Bertz CT molecular complexity index is 567. The van der Waals surface area contributed by atoms with Crippen molar-refractivity contribution in [2.75, 3.05) is 0 Å². The van der Waals surface area contributed by atoms with E-state index in [1.807, 2.05) is 26.8 Å². The molecule has 0 saturated heterocycles. The molecule has 1 aromatic heterocycles. The van der Waals surface area contributed by atoms with E-state index >= 15 is 0 Å². The molecule has 0 fully saturated rings. The fraction of sp³-hybridized carbons (Fsp3) is 0.400. The van der Waals surface area contributed by atoms with Crippen molar-refractivity contribution in [3.8, 4) is 5.75 Å². The highest BCUT2D eigenvalue weighted by atomic mass is 19.1. The first-order valence-corrected chi connectivity index (χ1v) is 6.61. The number of hydrogen-bond donors (Lipinski definition) is 1. The Labute approximate surface area is 117 Å². The lowest BCUT2D eigenvalue weighted by Crippen LogP contribution is -2.22. The minimum atomic E-state index is -0.270. The highest BCUT2D eigenvalue weighted by molar-refractivity contribution is 5.34. The Hall–Kier alpha value is -1.88. The molecule has 20 heavy (non-hydrogen) atoms. The maximum Gasteiger partial charge on any atom is 0.174 e. The molecule has 4 nitrogen and oxygen atoms in total. The summed E-state index contributed by atoms with van der Waals surface area (Å²) in [5.41, 5.74) is 1.60. The smallest absolute Gasteiger partial charge is 0.174 e. The molecule has 0 atom stereocenters. The molecule has 0 aliphatic rings. The molecule has 0 bridgehead atoms. The van der Waals surface area contributed by atoms with Crippen molar-refractivity contribution in [1.29, 1.82) is 0 Å². The maximum absolute atomic E-state index is 13.3. The Morgan fingerprint density at radius 2 is 2.15 bits per heavy atom. The van der Waals surface area contributed by atoms with Crippen molar-refractivity contribution in [1.82, 2.24) is 10.5 Å². The molecular formula is C15H19FN2O2. The summed E-state index contributed by atoms with van der Waals surface area (Å²) < 4.78 is 24.1. The van der Waals surface area contributed by atoms with Gasteiger partial charge >= 0.3 is 0 Å². The van der Waals surface area contributed by atoms with Crippen LogP contribution < -0.4 is 10.1 Å². The molecule has 2 aromatic rings. The molecule has 0 aliphatic heterocycles. The number of nitrogens with one attached hydrogen (secondary N) is 1. The van der Waals surface area contributed by atoms with Gasteiger partial charge in [-0.05, 0) is 25.1 Å². The number of aryl methyl sites for hydroxylation is 1. The minimum Gasteiger partial charge on any atom is -0.485 e. The minimum absolute atomic E-state index is 0.270. The fourth-order valence-electron chi connectivity index (χ4n) is 1.77.